The molecular weight excluding hydrogens is 207 g/mol. The lowest BCUT2D eigenvalue weighted by molar-refractivity contribution is 0.275. The van der Waals surface area contributed by atoms with Gasteiger partial charge in [-0.3, -0.25) is 0 Å². The van der Waals surface area contributed by atoms with Crippen LogP contribution in [0.3, 0.4) is 0 Å². The average molecular weight is 224 g/mol. The first-order valence-corrected chi connectivity index (χ1v) is 5.72. The molecule has 1 aliphatic carbocycles. The number of pyridine rings is 1. The Balaban J connectivity index is 1.93. The maximum Gasteiger partial charge on any atom is 0.250 e. The van der Waals surface area contributed by atoms with E-state index < -0.39 is 0 Å². The molecule has 0 unspecified atom stereocenters. The molecule has 0 spiro atoms. The predicted molar refractivity (Wildman–Crippen MR) is 59.8 cm³/mol. The minimum atomic E-state index is -0.340. The molecule has 1 aliphatic rings. The number of hydrogen-bond donors (Lipinski definition) is 1. The van der Waals surface area contributed by atoms with Crippen molar-refractivity contribution >= 4 is 0 Å². The van der Waals surface area contributed by atoms with Crippen LogP contribution in [0, 0.1) is 11.7 Å². The summed E-state index contributed by atoms with van der Waals surface area (Å²) in [6, 6.07) is 1.67. The third-order valence-corrected chi connectivity index (χ3v) is 2.77. The van der Waals surface area contributed by atoms with Gasteiger partial charge in [-0.2, -0.15) is 0 Å². The van der Waals surface area contributed by atoms with Crippen LogP contribution in [0.4, 0.5) is 4.39 Å². The first-order valence-electron chi connectivity index (χ1n) is 5.72. The van der Waals surface area contributed by atoms with Gasteiger partial charge in [0.05, 0.1) is 6.61 Å². The Kier molecular flexibility index (Phi) is 3.72. The number of ether oxygens (including phenoxy) is 1. The Labute approximate surface area is 95.0 Å². The maximum absolute atomic E-state index is 13.8. The molecule has 1 aromatic rings. The van der Waals surface area contributed by atoms with Crippen molar-refractivity contribution in [3.63, 3.8) is 0 Å². The summed E-state index contributed by atoms with van der Waals surface area (Å²) in [5.74, 6) is 0.588. The van der Waals surface area contributed by atoms with Crippen molar-refractivity contribution in [1.82, 2.24) is 10.3 Å². The van der Waals surface area contributed by atoms with Crippen molar-refractivity contribution in [3.05, 3.63) is 23.6 Å². The van der Waals surface area contributed by atoms with E-state index in [4.69, 9.17) is 4.74 Å². The summed E-state index contributed by atoms with van der Waals surface area (Å²) in [7, 11) is 1.79. The number of hydrogen-bond acceptors (Lipinski definition) is 3. The molecule has 88 valence electrons. The van der Waals surface area contributed by atoms with Crippen molar-refractivity contribution in [2.75, 3.05) is 13.7 Å². The van der Waals surface area contributed by atoms with Crippen molar-refractivity contribution in [2.45, 2.75) is 25.8 Å². The van der Waals surface area contributed by atoms with Gasteiger partial charge in [0.1, 0.15) is 0 Å². The van der Waals surface area contributed by atoms with Crippen LogP contribution in [-0.2, 0) is 6.54 Å². The van der Waals surface area contributed by atoms with E-state index in [2.05, 4.69) is 10.3 Å². The predicted octanol–water partition coefficient (Wildman–Crippen LogP) is 2.12. The van der Waals surface area contributed by atoms with Gasteiger partial charge in [-0.1, -0.05) is 12.8 Å². The summed E-state index contributed by atoms with van der Waals surface area (Å²) < 4.78 is 19.1. The van der Waals surface area contributed by atoms with Crippen LogP contribution in [0.1, 0.15) is 24.8 Å². The van der Waals surface area contributed by atoms with Gasteiger partial charge in [0.25, 0.3) is 5.88 Å². The smallest absolute Gasteiger partial charge is 0.250 e. The lowest BCUT2D eigenvalue weighted by Gasteiger charge is -2.08. The van der Waals surface area contributed by atoms with Gasteiger partial charge in [-0.25, -0.2) is 9.37 Å². The van der Waals surface area contributed by atoms with E-state index in [0.717, 1.165) is 12.3 Å². The summed E-state index contributed by atoms with van der Waals surface area (Å²) >= 11 is 0. The monoisotopic (exact) mass is 224 g/mol. The van der Waals surface area contributed by atoms with E-state index in [-0.39, 0.29) is 11.7 Å². The van der Waals surface area contributed by atoms with Crippen LogP contribution in [0.25, 0.3) is 0 Å². The van der Waals surface area contributed by atoms with Gasteiger partial charge >= 0.3 is 0 Å². The Morgan fingerprint density at radius 2 is 2.38 bits per heavy atom. The minimum absolute atomic E-state index is 0.133. The second-order valence-corrected chi connectivity index (χ2v) is 4.20. The Bertz CT molecular complexity index is 353. The van der Waals surface area contributed by atoms with Crippen molar-refractivity contribution < 1.29 is 9.13 Å². The van der Waals surface area contributed by atoms with Crippen molar-refractivity contribution in [2.24, 2.45) is 5.92 Å². The average Bonchev–Trinajstić information content (AvgIpc) is 3.08. The molecule has 1 aromatic heterocycles. The molecule has 16 heavy (non-hydrogen) atoms. The van der Waals surface area contributed by atoms with Gasteiger partial charge in [0, 0.05) is 18.3 Å². The molecular formula is C12H17FN2O. The van der Waals surface area contributed by atoms with Crippen LogP contribution in [0.15, 0.2) is 12.3 Å². The topological polar surface area (TPSA) is 34.2 Å². The lowest BCUT2D eigenvalue weighted by Crippen LogP contribution is -2.09. The molecule has 3 nitrogen and oxygen atoms in total. The summed E-state index contributed by atoms with van der Waals surface area (Å²) in [4.78, 5) is 3.91. The zero-order valence-corrected chi connectivity index (χ0v) is 9.50. The molecule has 0 aromatic carbocycles. The summed E-state index contributed by atoms with van der Waals surface area (Å²) in [5, 5.41) is 2.91. The largest absolute Gasteiger partial charge is 0.476 e. The number of rotatable bonds is 6. The number of nitrogens with zero attached hydrogens (tertiary/aromatic N) is 1. The van der Waals surface area contributed by atoms with Gasteiger partial charge in [0.15, 0.2) is 5.82 Å². The first-order chi connectivity index (χ1) is 7.81. The van der Waals surface area contributed by atoms with Crippen LogP contribution in [0.2, 0.25) is 0 Å². The van der Waals surface area contributed by atoms with E-state index >= 15 is 0 Å². The molecule has 0 amide bonds. The van der Waals surface area contributed by atoms with E-state index in [1.54, 1.807) is 19.3 Å². The van der Waals surface area contributed by atoms with Crippen LogP contribution in [0.5, 0.6) is 5.88 Å². The van der Waals surface area contributed by atoms with Gasteiger partial charge < -0.3 is 10.1 Å². The summed E-state index contributed by atoms with van der Waals surface area (Å²) in [6.45, 7) is 1.06. The van der Waals surface area contributed by atoms with E-state index in [1.165, 1.54) is 12.8 Å². The van der Waals surface area contributed by atoms with Crippen molar-refractivity contribution in [1.29, 1.82) is 0 Å². The standard InChI is InChI=1S/C12H17FN2O/c1-14-8-10-4-6-15-12(11(10)13)16-7-5-9-2-3-9/h4,6,9,14H,2-3,5,7-8H2,1H3. The fraction of sp³-hybridized carbons (Fsp3) is 0.583. The van der Waals surface area contributed by atoms with E-state index in [9.17, 15) is 4.39 Å². The zero-order valence-electron chi connectivity index (χ0n) is 9.50. The van der Waals surface area contributed by atoms with E-state index in [1.807, 2.05) is 0 Å². The van der Waals surface area contributed by atoms with Crippen LogP contribution >= 0.6 is 0 Å². The second-order valence-electron chi connectivity index (χ2n) is 4.20. The molecule has 1 N–H and O–H groups in total. The van der Waals surface area contributed by atoms with E-state index in [0.29, 0.717) is 18.7 Å². The molecule has 4 heteroatoms. The lowest BCUT2D eigenvalue weighted by atomic mass is 10.2. The number of nitrogens with one attached hydrogen (secondary N) is 1. The fourth-order valence-corrected chi connectivity index (χ4v) is 1.62. The Hall–Kier alpha value is -1.16. The summed E-state index contributed by atoms with van der Waals surface area (Å²) in [6.07, 6.45) is 5.18. The number of aromatic nitrogens is 1. The molecule has 1 saturated carbocycles. The molecule has 0 saturated heterocycles. The third kappa shape index (κ3) is 2.92. The normalized spacial score (nSPS) is 15.1. The van der Waals surface area contributed by atoms with Crippen molar-refractivity contribution in [3.8, 4) is 5.88 Å². The summed E-state index contributed by atoms with van der Waals surface area (Å²) in [5.41, 5.74) is 0.596. The SMILES string of the molecule is CNCc1ccnc(OCCC2CC2)c1F. The van der Waals surface area contributed by atoms with Crippen LogP contribution in [-0.4, -0.2) is 18.6 Å². The zero-order chi connectivity index (χ0) is 11.4. The Morgan fingerprint density at radius 3 is 3.06 bits per heavy atom. The highest BCUT2D eigenvalue weighted by Gasteiger charge is 2.21. The Morgan fingerprint density at radius 1 is 1.56 bits per heavy atom. The first kappa shape index (κ1) is 11.3. The van der Waals surface area contributed by atoms with Gasteiger partial charge in [-0.05, 0) is 25.5 Å². The molecule has 0 aliphatic heterocycles. The third-order valence-electron chi connectivity index (χ3n) is 2.77. The highest BCUT2D eigenvalue weighted by atomic mass is 19.1. The molecule has 1 fully saturated rings. The maximum atomic E-state index is 13.8. The molecule has 0 bridgehead atoms. The molecule has 0 radical (unpaired) electrons. The fourth-order valence-electron chi connectivity index (χ4n) is 1.62. The molecule has 0 atom stereocenters. The highest BCUT2D eigenvalue weighted by molar-refractivity contribution is 5.23. The quantitative estimate of drug-likeness (QED) is 0.803. The second kappa shape index (κ2) is 5.25. The molecule has 2 rings (SSSR count). The number of halogens is 1. The van der Waals surface area contributed by atoms with Gasteiger partial charge in [-0.15, -0.1) is 0 Å². The van der Waals surface area contributed by atoms with Gasteiger partial charge in [0.2, 0.25) is 0 Å². The minimum Gasteiger partial charge on any atom is -0.476 e. The molecule has 1 heterocycles. The van der Waals surface area contributed by atoms with Crippen LogP contribution < -0.4 is 10.1 Å². The highest BCUT2D eigenvalue weighted by Crippen LogP contribution is 2.32.